The number of nitrogens with zero attached hydrogens (tertiary/aromatic N) is 8. The van der Waals surface area contributed by atoms with E-state index in [0.29, 0.717) is 41.4 Å². The van der Waals surface area contributed by atoms with Gasteiger partial charge in [0.25, 0.3) is 5.92 Å². The number of anilines is 5. The molecule has 11 nitrogen and oxygen atoms in total. The molecule has 5 aliphatic rings. The molecule has 1 aliphatic carbocycles. The number of aromatic nitrogens is 4. The highest BCUT2D eigenvalue weighted by atomic mass is 35.5. The van der Waals surface area contributed by atoms with E-state index in [1.165, 1.54) is 22.3 Å². The van der Waals surface area contributed by atoms with Gasteiger partial charge in [0.05, 0.1) is 41.4 Å². The summed E-state index contributed by atoms with van der Waals surface area (Å²) in [6.45, 7) is 20.6. The average molecular weight is 899 g/mol. The highest BCUT2D eigenvalue weighted by Crippen LogP contribution is 2.49. The third-order valence-corrected chi connectivity index (χ3v) is 14.0. The molecular formula is C49H63ClF3N11. The number of alkyl halides is 3. The van der Waals surface area contributed by atoms with Crippen LogP contribution < -0.4 is 30.7 Å². The Bertz CT molecular complexity index is 2380. The number of allylic oxidation sites excluding steroid dienone is 1. The Morgan fingerprint density at radius 2 is 1.78 bits per heavy atom. The van der Waals surface area contributed by atoms with E-state index < -0.39 is 18.1 Å². The van der Waals surface area contributed by atoms with Crippen LogP contribution in [-0.2, 0) is 7.05 Å². The largest absolute Gasteiger partial charge is 0.375 e. The molecule has 0 bridgehead atoms. The Morgan fingerprint density at radius 1 is 1.02 bits per heavy atom. The molecule has 2 aromatic carbocycles. The maximum atomic E-state index is 16.0. The lowest BCUT2D eigenvalue weighted by atomic mass is 9.93. The molecule has 3 unspecified atom stereocenters. The second-order valence-electron chi connectivity index (χ2n) is 18.0. The fourth-order valence-electron chi connectivity index (χ4n) is 9.99. The van der Waals surface area contributed by atoms with Gasteiger partial charge >= 0.3 is 0 Å². The summed E-state index contributed by atoms with van der Waals surface area (Å²) in [5.74, 6) is -1.69. The van der Waals surface area contributed by atoms with Gasteiger partial charge in [-0.25, -0.2) is 18.2 Å². The van der Waals surface area contributed by atoms with Gasteiger partial charge in [0.2, 0.25) is 5.95 Å². The monoisotopic (exact) mass is 897 g/mol. The minimum Gasteiger partial charge on any atom is -0.375 e. The number of fused-ring (bicyclic) bond motifs is 3. The molecule has 3 fully saturated rings. The van der Waals surface area contributed by atoms with Crippen molar-refractivity contribution in [2.45, 2.75) is 82.8 Å². The second kappa shape index (κ2) is 19.1. The Balaban J connectivity index is 0.00000106. The lowest BCUT2D eigenvalue weighted by molar-refractivity contribution is -0.0441. The van der Waals surface area contributed by atoms with Crippen LogP contribution >= 0.6 is 11.6 Å². The van der Waals surface area contributed by atoms with Gasteiger partial charge in [-0.15, -0.1) is 0 Å². The molecule has 0 radical (unpaired) electrons. The van der Waals surface area contributed by atoms with Gasteiger partial charge in [-0.1, -0.05) is 63.7 Å². The molecule has 9 rings (SSSR count). The lowest BCUT2D eigenvalue weighted by Crippen LogP contribution is -2.51. The summed E-state index contributed by atoms with van der Waals surface area (Å²) in [5.41, 5.74) is 8.29. The van der Waals surface area contributed by atoms with Crippen molar-refractivity contribution in [2.24, 2.45) is 18.9 Å². The van der Waals surface area contributed by atoms with Crippen LogP contribution in [0.2, 0.25) is 5.02 Å². The molecule has 15 heteroatoms. The van der Waals surface area contributed by atoms with Gasteiger partial charge in [-0.2, -0.15) is 10.1 Å². The van der Waals surface area contributed by atoms with Crippen molar-refractivity contribution in [3.05, 3.63) is 102 Å². The SMILES string of the molecule is C=C1C2=C(NC(C3CC3)C(F)(F)CC2)c2cc(Nc3nc(N4CC[C@@H](CN5CCN(c6cccc7c(C(C)CCC)nn(C)c67)CC5)C(F)C4)ncc3Cl)ccc2N1C.C=CNC=C. The standard InChI is InChI=1S/C45H56ClF3N10.C4H7N/c1-6-8-27(2)39-33-9-7-10-38(41(33)56(5)54-39)58-21-19-57(20-22-58)25-30-16-18-59(26-36(30)47)44-50-24-35(46)43(53-44)51-31-13-14-37-34(23-31)40-32(28(3)55(37)4)15-17-45(48,49)42(52-40)29-11-12-29;1-3-5-4-2/h7,9-10,13-14,23-24,27,29-30,36,42,52H,3,6,8,11-12,15-22,25-26H2,1-2,4-5H3,(H,50,51,53);3-5H,1-2H2/t27?,30-,36?,42?;/m0./s1. The van der Waals surface area contributed by atoms with Gasteiger partial charge in [-0.05, 0) is 80.3 Å². The van der Waals surface area contributed by atoms with Crippen LogP contribution in [0.1, 0.15) is 76.0 Å². The first-order valence-electron chi connectivity index (χ1n) is 22.9. The topological polar surface area (TPSA) is 92.7 Å². The van der Waals surface area contributed by atoms with E-state index >= 15 is 13.2 Å². The molecule has 3 N–H and O–H groups in total. The molecule has 1 saturated carbocycles. The van der Waals surface area contributed by atoms with Crippen molar-refractivity contribution < 1.29 is 13.2 Å². The third kappa shape index (κ3) is 9.31. The highest BCUT2D eigenvalue weighted by molar-refractivity contribution is 6.33. The summed E-state index contributed by atoms with van der Waals surface area (Å²) in [6.07, 6.45) is 8.24. The van der Waals surface area contributed by atoms with Gasteiger partial charge < -0.3 is 30.7 Å². The van der Waals surface area contributed by atoms with Crippen LogP contribution in [0, 0.1) is 11.8 Å². The van der Waals surface area contributed by atoms with E-state index in [1.54, 1.807) is 18.6 Å². The number of rotatable bonds is 12. The molecule has 0 spiro atoms. The van der Waals surface area contributed by atoms with E-state index in [2.05, 4.69) is 89.6 Å². The molecule has 4 aliphatic heterocycles. The molecule has 0 amide bonds. The van der Waals surface area contributed by atoms with Crippen molar-refractivity contribution in [2.75, 3.05) is 72.9 Å². The minimum absolute atomic E-state index is 0.0371. The Morgan fingerprint density at radius 3 is 2.47 bits per heavy atom. The predicted molar refractivity (Wildman–Crippen MR) is 256 cm³/mol. The van der Waals surface area contributed by atoms with Gasteiger partial charge in [0.1, 0.15) is 11.2 Å². The van der Waals surface area contributed by atoms with Crippen LogP contribution in [0.3, 0.4) is 0 Å². The number of piperidine rings is 1. The zero-order valence-corrected chi connectivity index (χ0v) is 38.4. The zero-order valence-electron chi connectivity index (χ0n) is 37.7. The van der Waals surface area contributed by atoms with E-state index in [0.717, 1.165) is 86.6 Å². The van der Waals surface area contributed by atoms with E-state index in [-0.39, 0.29) is 31.2 Å². The molecule has 6 heterocycles. The van der Waals surface area contributed by atoms with Gasteiger partial charge in [0, 0.05) is 99.7 Å². The maximum absolute atomic E-state index is 16.0. The molecule has 2 saturated heterocycles. The van der Waals surface area contributed by atoms with E-state index in [4.69, 9.17) is 21.7 Å². The average Bonchev–Trinajstić information content (AvgIpc) is 4.08. The maximum Gasteiger partial charge on any atom is 0.268 e. The van der Waals surface area contributed by atoms with E-state index in [9.17, 15) is 0 Å². The van der Waals surface area contributed by atoms with Crippen molar-refractivity contribution in [1.82, 2.24) is 35.3 Å². The Kier molecular flexibility index (Phi) is 13.5. The fraction of sp³-hybridized carbons (Fsp3) is 0.490. The summed E-state index contributed by atoms with van der Waals surface area (Å²) in [5, 5.41) is 15.8. The smallest absolute Gasteiger partial charge is 0.268 e. The summed E-state index contributed by atoms with van der Waals surface area (Å²) in [4.78, 5) is 18.0. The zero-order chi connectivity index (χ0) is 45.3. The van der Waals surface area contributed by atoms with Crippen LogP contribution in [0.5, 0.6) is 0 Å². The predicted octanol–water partition coefficient (Wildman–Crippen LogP) is 9.99. The van der Waals surface area contributed by atoms with Crippen LogP contribution in [0.15, 0.2) is 86.0 Å². The summed E-state index contributed by atoms with van der Waals surface area (Å²) in [7, 11) is 3.97. The first kappa shape index (κ1) is 45.4. The Hall–Kier alpha value is -5.21. The van der Waals surface area contributed by atoms with Crippen LogP contribution in [0.25, 0.3) is 16.6 Å². The first-order chi connectivity index (χ1) is 30.8. The van der Waals surface area contributed by atoms with Gasteiger partial charge in [0.15, 0.2) is 5.82 Å². The summed E-state index contributed by atoms with van der Waals surface area (Å²) < 4.78 is 48.8. The van der Waals surface area contributed by atoms with Gasteiger partial charge in [-0.3, -0.25) is 9.58 Å². The quantitative estimate of drug-likeness (QED) is 0.128. The summed E-state index contributed by atoms with van der Waals surface area (Å²) >= 11 is 6.65. The van der Waals surface area contributed by atoms with Crippen molar-refractivity contribution in [3.8, 4) is 0 Å². The number of halogens is 4. The van der Waals surface area contributed by atoms with Crippen LogP contribution in [0.4, 0.5) is 42.0 Å². The van der Waals surface area contributed by atoms with Crippen LogP contribution in [-0.4, -0.2) is 95.6 Å². The molecule has 2 aromatic heterocycles. The molecule has 64 heavy (non-hydrogen) atoms. The molecular weight excluding hydrogens is 835 g/mol. The highest BCUT2D eigenvalue weighted by Gasteiger charge is 2.50. The molecule has 342 valence electrons. The fourth-order valence-corrected chi connectivity index (χ4v) is 10.1. The summed E-state index contributed by atoms with van der Waals surface area (Å²) in [6, 6.07) is 11.5. The van der Waals surface area contributed by atoms with E-state index in [1.807, 2.05) is 39.7 Å². The third-order valence-electron chi connectivity index (χ3n) is 13.7. The van der Waals surface area contributed by atoms with Crippen molar-refractivity contribution in [1.29, 1.82) is 0 Å². The normalized spacial score (nSPS) is 22.7. The lowest BCUT2D eigenvalue weighted by Gasteiger charge is -2.41. The number of piperazine rings is 1. The van der Waals surface area contributed by atoms with Crippen molar-refractivity contribution >= 4 is 57.0 Å². The number of benzene rings is 2. The second-order valence-corrected chi connectivity index (χ2v) is 18.5. The van der Waals surface area contributed by atoms with Crippen molar-refractivity contribution in [3.63, 3.8) is 0 Å². The number of para-hydroxylation sites is 1. The molecule has 4 aromatic rings. The number of hydrogen-bond donors (Lipinski definition) is 3. The minimum atomic E-state index is -2.81. The first-order valence-corrected chi connectivity index (χ1v) is 23.2. The number of aryl methyl sites for hydroxylation is 1. The number of nitrogens with one attached hydrogen (secondary N) is 3. The number of likely N-dealkylation sites (N-methyl/N-ethyl adjacent to an activating group) is 1. The molecule has 4 atom stereocenters. The number of hydrogen-bond acceptors (Lipinski definition) is 10. The Labute approximate surface area is 381 Å².